The molecule has 23 heavy (non-hydrogen) atoms. The Labute approximate surface area is 138 Å². The molecule has 0 unspecified atom stereocenters. The summed E-state index contributed by atoms with van der Waals surface area (Å²) in [5.41, 5.74) is 1.84. The van der Waals surface area contributed by atoms with Crippen LogP contribution in [0.1, 0.15) is 24.1 Å². The quantitative estimate of drug-likeness (QED) is 0.857. The smallest absolute Gasteiger partial charge is 0.239 e. The van der Waals surface area contributed by atoms with Gasteiger partial charge in [0.15, 0.2) is 0 Å². The molecule has 0 aliphatic carbocycles. The Bertz CT molecular complexity index is 722. The standard InChI is InChI=1S/C17H17ClF2N2O/c1-10-14(18)4-3-5-16(10)21-9-17(23)22-11(2)13-7-6-12(19)8-15(13)20/h3-8,11,21H,9H2,1-2H3,(H,22,23)/t11-/m0/s1. The highest BCUT2D eigenvalue weighted by atomic mass is 35.5. The average molecular weight is 339 g/mol. The molecule has 0 radical (unpaired) electrons. The number of amides is 1. The lowest BCUT2D eigenvalue weighted by Gasteiger charge is -2.16. The van der Waals surface area contributed by atoms with Crippen LogP contribution in [0.2, 0.25) is 5.02 Å². The number of benzene rings is 2. The van der Waals surface area contributed by atoms with Gasteiger partial charge in [-0.15, -0.1) is 0 Å². The summed E-state index contributed by atoms with van der Waals surface area (Å²) in [6, 6.07) is 8.08. The van der Waals surface area contributed by atoms with Crippen LogP contribution in [0.4, 0.5) is 14.5 Å². The fourth-order valence-corrected chi connectivity index (χ4v) is 2.37. The summed E-state index contributed by atoms with van der Waals surface area (Å²) in [6.45, 7) is 3.51. The second kappa shape index (κ2) is 7.42. The Kier molecular flexibility index (Phi) is 5.55. The number of hydrogen-bond donors (Lipinski definition) is 2. The molecule has 2 rings (SSSR count). The molecule has 0 aliphatic heterocycles. The van der Waals surface area contributed by atoms with Gasteiger partial charge in [0.05, 0.1) is 12.6 Å². The third-order valence-corrected chi connectivity index (χ3v) is 3.92. The Morgan fingerprint density at radius 2 is 2.00 bits per heavy atom. The number of carbonyl (C=O) groups is 1. The molecular weight excluding hydrogens is 322 g/mol. The topological polar surface area (TPSA) is 41.1 Å². The van der Waals surface area contributed by atoms with Crippen molar-refractivity contribution in [1.82, 2.24) is 5.32 Å². The SMILES string of the molecule is Cc1c(Cl)cccc1NCC(=O)N[C@@H](C)c1ccc(F)cc1F. The summed E-state index contributed by atoms with van der Waals surface area (Å²) in [6.07, 6.45) is 0. The zero-order chi connectivity index (χ0) is 17.0. The summed E-state index contributed by atoms with van der Waals surface area (Å²) in [5.74, 6) is -1.64. The van der Waals surface area contributed by atoms with Gasteiger partial charge >= 0.3 is 0 Å². The summed E-state index contributed by atoms with van der Waals surface area (Å²) < 4.78 is 26.6. The van der Waals surface area contributed by atoms with E-state index in [0.717, 1.165) is 23.4 Å². The minimum absolute atomic E-state index is 0.0222. The number of nitrogens with one attached hydrogen (secondary N) is 2. The van der Waals surface area contributed by atoms with E-state index in [2.05, 4.69) is 10.6 Å². The summed E-state index contributed by atoms with van der Waals surface area (Å²) >= 11 is 6.01. The van der Waals surface area contributed by atoms with E-state index in [1.807, 2.05) is 13.0 Å². The van der Waals surface area contributed by atoms with Gasteiger partial charge in [-0.05, 0) is 37.6 Å². The van der Waals surface area contributed by atoms with Crippen LogP contribution >= 0.6 is 11.6 Å². The largest absolute Gasteiger partial charge is 0.376 e. The molecular formula is C17H17ClF2N2O. The minimum atomic E-state index is -0.684. The van der Waals surface area contributed by atoms with Crippen molar-refractivity contribution in [3.8, 4) is 0 Å². The van der Waals surface area contributed by atoms with Gasteiger partial charge in [0.2, 0.25) is 5.91 Å². The highest BCUT2D eigenvalue weighted by Gasteiger charge is 2.14. The first kappa shape index (κ1) is 17.2. The van der Waals surface area contributed by atoms with Gasteiger partial charge in [-0.2, -0.15) is 0 Å². The first-order valence-electron chi connectivity index (χ1n) is 7.11. The van der Waals surface area contributed by atoms with E-state index in [1.54, 1.807) is 19.1 Å². The Morgan fingerprint density at radius 1 is 1.26 bits per heavy atom. The van der Waals surface area contributed by atoms with Crippen molar-refractivity contribution in [3.63, 3.8) is 0 Å². The van der Waals surface area contributed by atoms with E-state index < -0.39 is 17.7 Å². The summed E-state index contributed by atoms with van der Waals surface area (Å²) in [5, 5.41) is 6.26. The molecule has 0 saturated carbocycles. The van der Waals surface area contributed by atoms with E-state index in [-0.39, 0.29) is 18.0 Å². The molecule has 122 valence electrons. The van der Waals surface area contributed by atoms with Crippen molar-refractivity contribution >= 4 is 23.2 Å². The molecule has 0 heterocycles. The molecule has 2 aromatic rings. The molecule has 2 aromatic carbocycles. The molecule has 0 spiro atoms. The predicted molar refractivity (Wildman–Crippen MR) is 87.6 cm³/mol. The highest BCUT2D eigenvalue weighted by molar-refractivity contribution is 6.31. The van der Waals surface area contributed by atoms with E-state index in [1.165, 1.54) is 6.07 Å². The maximum absolute atomic E-state index is 13.7. The van der Waals surface area contributed by atoms with Crippen LogP contribution in [0.15, 0.2) is 36.4 Å². The molecule has 0 bridgehead atoms. The Hall–Kier alpha value is -2.14. The fourth-order valence-electron chi connectivity index (χ4n) is 2.20. The lowest BCUT2D eigenvalue weighted by atomic mass is 10.1. The molecule has 0 fully saturated rings. The van der Waals surface area contributed by atoms with Gasteiger partial charge in [0.1, 0.15) is 11.6 Å². The highest BCUT2D eigenvalue weighted by Crippen LogP contribution is 2.22. The number of anilines is 1. The molecule has 1 amide bonds. The van der Waals surface area contributed by atoms with E-state index >= 15 is 0 Å². The normalized spacial score (nSPS) is 11.9. The van der Waals surface area contributed by atoms with Gasteiger partial charge in [-0.25, -0.2) is 8.78 Å². The van der Waals surface area contributed by atoms with Gasteiger partial charge in [-0.3, -0.25) is 4.79 Å². The molecule has 6 heteroatoms. The fraction of sp³-hybridized carbons (Fsp3) is 0.235. The van der Waals surface area contributed by atoms with Gasteiger partial charge in [0, 0.05) is 22.3 Å². The third kappa shape index (κ3) is 4.42. The lowest BCUT2D eigenvalue weighted by Crippen LogP contribution is -2.32. The van der Waals surface area contributed by atoms with Crippen LogP contribution in [0.25, 0.3) is 0 Å². The summed E-state index contributed by atoms with van der Waals surface area (Å²) in [7, 11) is 0. The van der Waals surface area contributed by atoms with Gasteiger partial charge in [0.25, 0.3) is 0 Å². The number of rotatable bonds is 5. The molecule has 0 saturated heterocycles. The molecule has 1 atom stereocenters. The van der Waals surface area contributed by atoms with E-state index in [0.29, 0.717) is 5.02 Å². The van der Waals surface area contributed by atoms with Crippen LogP contribution in [0.5, 0.6) is 0 Å². The molecule has 0 aromatic heterocycles. The second-order valence-corrected chi connectivity index (χ2v) is 5.63. The van der Waals surface area contributed by atoms with Crippen LogP contribution in [-0.2, 0) is 4.79 Å². The van der Waals surface area contributed by atoms with Crippen LogP contribution in [-0.4, -0.2) is 12.5 Å². The van der Waals surface area contributed by atoms with Gasteiger partial charge in [-0.1, -0.05) is 23.7 Å². The minimum Gasteiger partial charge on any atom is -0.376 e. The molecule has 0 aliphatic rings. The van der Waals surface area contributed by atoms with Crippen molar-refractivity contribution < 1.29 is 13.6 Å². The van der Waals surface area contributed by atoms with E-state index in [9.17, 15) is 13.6 Å². The predicted octanol–water partition coefficient (Wildman–Crippen LogP) is 4.22. The Morgan fingerprint density at radius 3 is 2.70 bits per heavy atom. The molecule has 2 N–H and O–H groups in total. The van der Waals surface area contributed by atoms with Crippen LogP contribution in [0, 0.1) is 18.6 Å². The third-order valence-electron chi connectivity index (χ3n) is 3.51. The maximum Gasteiger partial charge on any atom is 0.239 e. The van der Waals surface area contributed by atoms with Crippen molar-refractivity contribution in [2.75, 3.05) is 11.9 Å². The number of halogens is 3. The first-order chi connectivity index (χ1) is 10.9. The zero-order valence-corrected chi connectivity index (χ0v) is 13.5. The van der Waals surface area contributed by atoms with Crippen LogP contribution < -0.4 is 10.6 Å². The van der Waals surface area contributed by atoms with Gasteiger partial charge < -0.3 is 10.6 Å². The average Bonchev–Trinajstić information content (AvgIpc) is 2.48. The molecule has 3 nitrogen and oxygen atoms in total. The maximum atomic E-state index is 13.7. The number of carbonyl (C=O) groups excluding carboxylic acids is 1. The second-order valence-electron chi connectivity index (χ2n) is 5.22. The zero-order valence-electron chi connectivity index (χ0n) is 12.8. The van der Waals surface area contributed by atoms with Crippen molar-refractivity contribution in [2.45, 2.75) is 19.9 Å². The Balaban J connectivity index is 1.95. The van der Waals surface area contributed by atoms with Crippen molar-refractivity contribution in [2.24, 2.45) is 0 Å². The van der Waals surface area contributed by atoms with E-state index in [4.69, 9.17) is 11.6 Å². The van der Waals surface area contributed by atoms with Crippen molar-refractivity contribution in [1.29, 1.82) is 0 Å². The number of hydrogen-bond acceptors (Lipinski definition) is 2. The first-order valence-corrected chi connectivity index (χ1v) is 7.49. The van der Waals surface area contributed by atoms with Crippen molar-refractivity contribution in [3.05, 3.63) is 64.2 Å². The van der Waals surface area contributed by atoms with Crippen LogP contribution in [0.3, 0.4) is 0 Å². The lowest BCUT2D eigenvalue weighted by molar-refractivity contribution is -0.120. The monoisotopic (exact) mass is 338 g/mol. The summed E-state index contributed by atoms with van der Waals surface area (Å²) in [4.78, 5) is 12.0.